The van der Waals surface area contributed by atoms with Crippen molar-refractivity contribution < 1.29 is 33.0 Å². The second kappa shape index (κ2) is 5.41. The Balaban J connectivity index is 1.50. The van der Waals surface area contributed by atoms with Crippen LogP contribution in [0.4, 0.5) is 18.7 Å². The Morgan fingerprint density at radius 1 is 1.36 bits per heavy atom. The minimum Gasteiger partial charge on any atom is -0.481 e. The van der Waals surface area contributed by atoms with Crippen LogP contribution in [0.5, 0.6) is 11.5 Å². The second-order valence-corrected chi connectivity index (χ2v) is 6.68. The number of hydrogen-bond donors (Lipinski definition) is 2. The van der Waals surface area contributed by atoms with Crippen molar-refractivity contribution in [3.8, 4) is 11.5 Å². The number of carbonyl (C=O) groups excluding carboxylic acids is 1. The molecule has 0 spiro atoms. The average molecular weight is 371 g/mol. The number of amides is 2. The molecule has 0 radical (unpaired) electrons. The van der Waals surface area contributed by atoms with E-state index in [9.17, 15) is 18.4 Å². The highest BCUT2D eigenvalue weighted by atomic mass is 32.1. The topological polar surface area (TPSA) is 101 Å². The summed E-state index contributed by atoms with van der Waals surface area (Å²) < 4.78 is 35.4. The van der Waals surface area contributed by atoms with E-state index in [2.05, 4.69) is 19.8 Å². The monoisotopic (exact) mass is 371 g/mol. The van der Waals surface area contributed by atoms with Crippen LogP contribution in [0.2, 0.25) is 0 Å². The quantitative estimate of drug-likeness (QED) is 0.841. The number of aliphatic carboxylic acids is 1. The highest BCUT2D eigenvalue weighted by Gasteiger charge is 2.43. The summed E-state index contributed by atoms with van der Waals surface area (Å²) >= 11 is 1.09. The number of aromatic nitrogens is 1. The second-order valence-electron chi connectivity index (χ2n) is 5.65. The van der Waals surface area contributed by atoms with Crippen molar-refractivity contribution in [2.75, 3.05) is 18.4 Å². The van der Waals surface area contributed by atoms with Gasteiger partial charge < -0.3 is 19.5 Å². The molecule has 1 aromatic carbocycles. The van der Waals surface area contributed by atoms with Gasteiger partial charge in [0.15, 0.2) is 16.6 Å². The van der Waals surface area contributed by atoms with Crippen LogP contribution in [0.25, 0.3) is 10.2 Å². The molecule has 1 saturated heterocycles. The van der Waals surface area contributed by atoms with Crippen molar-refractivity contribution in [3.63, 3.8) is 0 Å². The molecule has 3 heterocycles. The first-order chi connectivity index (χ1) is 11.8. The molecule has 2 aromatic rings. The molecule has 0 aliphatic carbocycles. The van der Waals surface area contributed by atoms with Crippen LogP contribution in [-0.4, -0.2) is 46.4 Å². The third-order valence-corrected chi connectivity index (χ3v) is 4.88. The van der Waals surface area contributed by atoms with Gasteiger partial charge in [0.05, 0.1) is 16.1 Å². The molecule has 132 valence electrons. The van der Waals surface area contributed by atoms with Crippen molar-refractivity contribution in [2.45, 2.75) is 12.7 Å². The number of benzene rings is 1. The Bertz CT molecular complexity index is 842. The number of rotatable bonds is 2. The van der Waals surface area contributed by atoms with Crippen molar-refractivity contribution in [1.82, 2.24) is 9.88 Å². The predicted molar refractivity (Wildman–Crippen MR) is 82.2 cm³/mol. The SMILES string of the molecule is O=C(O)C1CCN(C(=O)Nc2nc3cc4c(cc3s2)OC(F)(F)O4)C1. The van der Waals surface area contributed by atoms with Gasteiger partial charge in [-0.1, -0.05) is 11.3 Å². The number of urea groups is 1. The Hall–Kier alpha value is -2.69. The summed E-state index contributed by atoms with van der Waals surface area (Å²) in [6, 6.07) is 2.23. The maximum absolute atomic E-state index is 13.0. The van der Waals surface area contributed by atoms with E-state index in [1.165, 1.54) is 17.0 Å². The van der Waals surface area contributed by atoms with Crippen molar-refractivity contribution in [3.05, 3.63) is 12.1 Å². The normalized spacial score (nSPS) is 20.9. The molecule has 2 amide bonds. The lowest BCUT2D eigenvalue weighted by molar-refractivity contribution is -0.286. The van der Waals surface area contributed by atoms with Gasteiger partial charge in [-0.25, -0.2) is 9.78 Å². The number of ether oxygens (including phenoxy) is 2. The van der Waals surface area contributed by atoms with Gasteiger partial charge in [0, 0.05) is 25.2 Å². The number of likely N-dealkylation sites (tertiary alicyclic amines) is 1. The van der Waals surface area contributed by atoms with E-state index in [4.69, 9.17) is 5.11 Å². The molecule has 4 rings (SSSR count). The number of thiazole rings is 1. The fraction of sp³-hybridized carbons (Fsp3) is 0.357. The lowest BCUT2D eigenvalue weighted by atomic mass is 10.1. The third kappa shape index (κ3) is 2.90. The van der Waals surface area contributed by atoms with Crippen molar-refractivity contribution in [2.24, 2.45) is 5.92 Å². The van der Waals surface area contributed by atoms with Crippen LogP contribution in [0.3, 0.4) is 0 Å². The lowest BCUT2D eigenvalue weighted by Gasteiger charge is -2.15. The summed E-state index contributed by atoms with van der Waals surface area (Å²) in [5.41, 5.74) is 0.380. The van der Waals surface area contributed by atoms with E-state index >= 15 is 0 Å². The molecule has 2 N–H and O–H groups in total. The van der Waals surface area contributed by atoms with Crippen LogP contribution in [0.15, 0.2) is 12.1 Å². The summed E-state index contributed by atoms with van der Waals surface area (Å²) in [5.74, 6) is -1.71. The highest BCUT2D eigenvalue weighted by molar-refractivity contribution is 7.22. The number of carboxylic acid groups (broad SMARTS) is 1. The minimum atomic E-state index is -3.70. The lowest BCUT2D eigenvalue weighted by Crippen LogP contribution is -2.33. The van der Waals surface area contributed by atoms with Crippen LogP contribution < -0.4 is 14.8 Å². The Kier molecular flexibility index (Phi) is 3.42. The van der Waals surface area contributed by atoms with E-state index in [0.29, 0.717) is 23.2 Å². The van der Waals surface area contributed by atoms with Crippen LogP contribution in [0, 0.1) is 5.92 Å². The minimum absolute atomic E-state index is 0.0946. The van der Waals surface area contributed by atoms with Crippen LogP contribution >= 0.6 is 11.3 Å². The third-order valence-electron chi connectivity index (χ3n) is 3.95. The summed E-state index contributed by atoms with van der Waals surface area (Å²) in [7, 11) is 0. The van der Waals surface area contributed by atoms with Crippen molar-refractivity contribution in [1.29, 1.82) is 0 Å². The average Bonchev–Trinajstić information content (AvgIpc) is 3.18. The molecule has 2 aliphatic rings. The van der Waals surface area contributed by atoms with Gasteiger partial charge in [-0.2, -0.15) is 0 Å². The number of fused-ring (bicyclic) bond motifs is 2. The fourth-order valence-electron chi connectivity index (χ4n) is 2.74. The molecule has 1 atom stereocenters. The Morgan fingerprint density at radius 3 is 2.76 bits per heavy atom. The zero-order valence-corrected chi connectivity index (χ0v) is 13.3. The molecule has 1 fully saturated rings. The largest absolute Gasteiger partial charge is 0.586 e. The number of halogens is 2. The van der Waals surface area contributed by atoms with E-state index in [1.807, 2.05) is 0 Å². The zero-order valence-electron chi connectivity index (χ0n) is 12.5. The number of anilines is 1. The standard InChI is InChI=1S/C14H11F2N3O5S/c15-14(16)23-8-3-7-10(4-9(8)24-14)25-12(17-7)18-13(22)19-2-1-6(5-19)11(20)21/h3-4,6H,1-2,5H2,(H,20,21)(H,17,18,22). The summed E-state index contributed by atoms with van der Waals surface area (Å²) in [6.45, 7) is 0.482. The summed E-state index contributed by atoms with van der Waals surface area (Å²) in [5, 5.41) is 11.8. The molecule has 25 heavy (non-hydrogen) atoms. The number of hydrogen-bond acceptors (Lipinski definition) is 6. The summed E-state index contributed by atoms with van der Waals surface area (Å²) in [4.78, 5) is 28.7. The number of alkyl halides is 2. The van der Waals surface area contributed by atoms with Crippen LogP contribution in [0.1, 0.15) is 6.42 Å². The van der Waals surface area contributed by atoms with Gasteiger partial charge in [0.25, 0.3) is 0 Å². The molecule has 2 aliphatic heterocycles. The Labute approximate surface area is 143 Å². The molecule has 1 aromatic heterocycles. The number of carbonyl (C=O) groups is 2. The van der Waals surface area contributed by atoms with Gasteiger partial charge in [-0.05, 0) is 6.42 Å². The molecule has 1 unspecified atom stereocenters. The molecule has 8 nitrogen and oxygen atoms in total. The number of carboxylic acids is 1. The maximum atomic E-state index is 13.0. The molecule has 0 saturated carbocycles. The van der Waals surface area contributed by atoms with Crippen LogP contribution in [-0.2, 0) is 4.79 Å². The highest BCUT2D eigenvalue weighted by Crippen LogP contribution is 2.44. The number of nitrogens with zero attached hydrogens (tertiary/aromatic N) is 2. The van der Waals surface area contributed by atoms with Gasteiger partial charge >= 0.3 is 18.3 Å². The van der Waals surface area contributed by atoms with E-state index in [0.717, 1.165) is 11.3 Å². The first-order valence-corrected chi connectivity index (χ1v) is 8.11. The van der Waals surface area contributed by atoms with Gasteiger partial charge in [-0.15, -0.1) is 8.78 Å². The van der Waals surface area contributed by atoms with Crippen molar-refractivity contribution >= 4 is 38.7 Å². The van der Waals surface area contributed by atoms with E-state index in [-0.39, 0.29) is 23.2 Å². The zero-order chi connectivity index (χ0) is 17.8. The smallest absolute Gasteiger partial charge is 0.481 e. The van der Waals surface area contributed by atoms with Gasteiger partial charge in [-0.3, -0.25) is 10.1 Å². The number of nitrogens with one attached hydrogen (secondary N) is 1. The van der Waals surface area contributed by atoms with Gasteiger partial charge in [0.1, 0.15) is 0 Å². The van der Waals surface area contributed by atoms with Gasteiger partial charge in [0.2, 0.25) is 0 Å². The molecule has 11 heteroatoms. The molecular formula is C14H11F2N3O5S. The van der Waals surface area contributed by atoms with E-state index in [1.54, 1.807) is 0 Å². The first kappa shape index (κ1) is 15.8. The Morgan fingerprint density at radius 2 is 2.08 bits per heavy atom. The molecule has 0 bridgehead atoms. The van der Waals surface area contributed by atoms with E-state index < -0.39 is 24.2 Å². The molecular weight excluding hydrogens is 360 g/mol. The fourth-order valence-corrected chi connectivity index (χ4v) is 3.61. The first-order valence-electron chi connectivity index (χ1n) is 7.30. The maximum Gasteiger partial charge on any atom is 0.586 e. The summed E-state index contributed by atoms with van der Waals surface area (Å²) in [6.07, 6.45) is -3.29. The predicted octanol–water partition coefficient (Wildman–Crippen LogP) is 2.56.